The number of ether oxygens (including phenoxy) is 4. The summed E-state index contributed by atoms with van der Waals surface area (Å²) in [5.41, 5.74) is 3.91. The molecule has 0 bridgehead atoms. The molecule has 11 heteroatoms. The number of carbonyl (C=O) groups excluding carboxylic acids is 3. The summed E-state index contributed by atoms with van der Waals surface area (Å²) in [6.07, 6.45) is 4.85. The molecule has 0 saturated heterocycles. The van der Waals surface area contributed by atoms with Crippen molar-refractivity contribution in [3.63, 3.8) is 0 Å². The van der Waals surface area contributed by atoms with Crippen LogP contribution in [0.4, 0.5) is 5.00 Å². The van der Waals surface area contributed by atoms with Gasteiger partial charge in [0.2, 0.25) is 0 Å². The Kier molecular flexibility index (Phi) is 8.47. The Morgan fingerprint density at radius 2 is 1.68 bits per heavy atom. The lowest BCUT2D eigenvalue weighted by Gasteiger charge is -2.12. The molecule has 10 nitrogen and oxygen atoms in total. The van der Waals surface area contributed by atoms with E-state index in [9.17, 15) is 14.4 Å². The fourth-order valence-corrected chi connectivity index (χ4v) is 4.87. The number of esters is 1. The zero-order valence-electron chi connectivity index (χ0n) is 19.5. The normalized spacial score (nSPS) is 12.6. The number of amides is 2. The number of nitrogens with one attached hydrogen (secondary N) is 2. The number of anilines is 1. The fourth-order valence-electron chi connectivity index (χ4n) is 3.60. The summed E-state index contributed by atoms with van der Waals surface area (Å²) in [4.78, 5) is 38.4. The third-order valence-electron chi connectivity index (χ3n) is 5.19. The minimum atomic E-state index is -0.989. The molecular weight excluding hydrogens is 462 g/mol. The number of nitrogens with zero attached hydrogens (tertiary/aromatic N) is 1. The van der Waals surface area contributed by atoms with Gasteiger partial charge in [-0.05, 0) is 44.2 Å². The lowest BCUT2D eigenvalue weighted by atomic mass is 9.95. The largest absolute Gasteiger partial charge is 0.496 e. The quantitative estimate of drug-likeness (QED) is 0.253. The average molecular weight is 490 g/mol. The first-order chi connectivity index (χ1) is 16.4. The first kappa shape index (κ1) is 25.0. The van der Waals surface area contributed by atoms with Gasteiger partial charge < -0.3 is 24.3 Å². The Balaban J connectivity index is 1.73. The molecule has 182 valence electrons. The van der Waals surface area contributed by atoms with Gasteiger partial charge in [0.1, 0.15) is 10.8 Å². The Hall–Kier alpha value is -3.60. The summed E-state index contributed by atoms with van der Waals surface area (Å²) < 4.78 is 21.0. The SMILES string of the molecule is CCOC(=O)c1c(NC(=O)C(=O)N/N=C/c2cc(OC)c(OC)cc2OC)sc2c1CCCC2. The van der Waals surface area contributed by atoms with Crippen LogP contribution in [0, 0.1) is 0 Å². The highest BCUT2D eigenvalue weighted by Gasteiger charge is 2.28. The average Bonchev–Trinajstić information content (AvgIpc) is 3.21. The summed E-state index contributed by atoms with van der Waals surface area (Å²) in [5.74, 6) is -1.09. The number of benzene rings is 1. The van der Waals surface area contributed by atoms with Gasteiger partial charge in [-0.3, -0.25) is 9.59 Å². The van der Waals surface area contributed by atoms with Gasteiger partial charge in [0.25, 0.3) is 0 Å². The standard InChI is InChI=1S/C23H27N3O7S/c1-5-33-23(29)19-14-8-6-7-9-18(14)34-22(19)25-20(27)21(28)26-24-12-13-10-16(31-3)17(32-4)11-15(13)30-2/h10-12H,5-9H2,1-4H3,(H,25,27)(H,26,28)/b24-12+. The van der Waals surface area contributed by atoms with Crippen molar-refractivity contribution in [2.45, 2.75) is 32.6 Å². The number of aryl methyl sites for hydroxylation is 1. The van der Waals surface area contributed by atoms with Crippen molar-refractivity contribution in [3.8, 4) is 17.2 Å². The van der Waals surface area contributed by atoms with E-state index in [1.54, 1.807) is 19.1 Å². The van der Waals surface area contributed by atoms with Crippen molar-refractivity contribution in [3.05, 3.63) is 33.7 Å². The third kappa shape index (κ3) is 5.48. The number of thiophene rings is 1. The molecule has 0 radical (unpaired) electrons. The highest BCUT2D eigenvalue weighted by molar-refractivity contribution is 7.17. The van der Waals surface area contributed by atoms with Crippen LogP contribution >= 0.6 is 11.3 Å². The van der Waals surface area contributed by atoms with Gasteiger partial charge in [-0.2, -0.15) is 5.10 Å². The molecule has 0 unspecified atom stereocenters. The molecule has 0 saturated carbocycles. The Morgan fingerprint density at radius 1 is 1.00 bits per heavy atom. The van der Waals surface area contributed by atoms with Crippen molar-refractivity contribution in [1.29, 1.82) is 0 Å². The van der Waals surface area contributed by atoms with E-state index in [2.05, 4.69) is 15.8 Å². The summed E-state index contributed by atoms with van der Waals surface area (Å²) >= 11 is 1.30. The molecule has 34 heavy (non-hydrogen) atoms. The second-order valence-corrected chi connectivity index (χ2v) is 8.34. The van der Waals surface area contributed by atoms with Crippen molar-refractivity contribution in [2.24, 2.45) is 5.10 Å². The minimum Gasteiger partial charge on any atom is -0.496 e. The molecule has 2 amide bonds. The second-order valence-electron chi connectivity index (χ2n) is 7.24. The van der Waals surface area contributed by atoms with Gasteiger partial charge in [0.05, 0.1) is 39.7 Å². The molecule has 0 atom stereocenters. The molecule has 0 spiro atoms. The number of methoxy groups -OCH3 is 3. The molecule has 0 aliphatic heterocycles. The van der Waals surface area contributed by atoms with E-state index in [1.807, 2.05) is 0 Å². The van der Waals surface area contributed by atoms with E-state index in [4.69, 9.17) is 18.9 Å². The first-order valence-corrected chi connectivity index (χ1v) is 11.5. The third-order valence-corrected chi connectivity index (χ3v) is 6.40. The summed E-state index contributed by atoms with van der Waals surface area (Å²) in [6.45, 7) is 1.93. The van der Waals surface area contributed by atoms with E-state index in [1.165, 1.54) is 38.9 Å². The fraction of sp³-hybridized carbons (Fsp3) is 0.391. The van der Waals surface area contributed by atoms with Crippen LogP contribution in [0.25, 0.3) is 0 Å². The van der Waals surface area contributed by atoms with Gasteiger partial charge >= 0.3 is 17.8 Å². The van der Waals surface area contributed by atoms with Crippen LogP contribution in [-0.4, -0.2) is 51.9 Å². The predicted molar refractivity (Wildman–Crippen MR) is 127 cm³/mol. The van der Waals surface area contributed by atoms with Crippen molar-refractivity contribution in [1.82, 2.24) is 5.43 Å². The molecule has 1 aromatic heterocycles. The van der Waals surface area contributed by atoms with E-state index in [-0.39, 0.29) is 6.61 Å². The lowest BCUT2D eigenvalue weighted by Crippen LogP contribution is -2.32. The number of rotatable bonds is 8. The Labute approximate surface area is 201 Å². The summed E-state index contributed by atoms with van der Waals surface area (Å²) in [7, 11) is 4.47. The number of carbonyl (C=O) groups is 3. The maximum atomic E-state index is 12.5. The summed E-state index contributed by atoms with van der Waals surface area (Å²) in [5, 5.41) is 6.70. The second kappa shape index (κ2) is 11.5. The van der Waals surface area contributed by atoms with Crippen LogP contribution in [0.5, 0.6) is 17.2 Å². The molecule has 1 aliphatic rings. The molecule has 2 aromatic rings. The van der Waals surface area contributed by atoms with Crippen molar-refractivity contribution in [2.75, 3.05) is 33.3 Å². The molecule has 3 rings (SSSR count). The molecule has 1 heterocycles. The van der Waals surface area contributed by atoms with Crippen molar-refractivity contribution >= 4 is 40.3 Å². The van der Waals surface area contributed by atoms with Gasteiger partial charge in [-0.15, -0.1) is 11.3 Å². The number of hydrogen-bond acceptors (Lipinski definition) is 9. The van der Waals surface area contributed by atoms with E-state index in [0.29, 0.717) is 33.4 Å². The van der Waals surface area contributed by atoms with Gasteiger partial charge in [0.15, 0.2) is 11.5 Å². The highest BCUT2D eigenvalue weighted by atomic mass is 32.1. The van der Waals surface area contributed by atoms with Gasteiger partial charge in [0, 0.05) is 16.5 Å². The molecular formula is C23H27N3O7S. The van der Waals surface area contributed by atoms with Crippen LogP contribution in [0.2, 0.25) is 0 Å². The molecule has 0 fully saturated rings. The van der Waals surface area contributed by atoms with Gasteiger partial charge in [-0.25, -0.2) is 10.2 Å². The Bertz CT molecular complexity index is 1110. The maximum Gasteiger partial charge on any atom is 0.341 e. The topological polar surface area (TPSA) is 125 Å². The van der Waals surface area contributed by atoms with Crippen LogP contribution in [-0.2, 0) is 27.2 Å². The zero-order valence-corrected chi connectivity index (χ0v) is 20.3. The monoisotopic (exact) mass is 489 g/mol. The van der Waals surface area contributed by atoms with E-state index >= 15 is 0 Å². The van der Waals surface area contributed by atoms with Crippen LogP contribution in [0.3, 0.4) is 0 Å². The minimum absolute atomic E-state index is 0.214. The van der Waals surface area contributed by atoms with E-state index < -0.39 is 17.8 Å². The smallest absolute Gasteiger partial charge is 0.341 e. The number of hydrazone groups is 1. The van der Waals surface area contributed by atoms with Crippen LogP contribution in [0.15, 0.2) is 17.2 Å². The number of hydrogen-bond donors (Lipinski definition) is 2. The highest BCUT2D eigenvalue weighted by Crippen LogP contribution is 2.38. The van der Waals surface area contributed by atoms with Gasteiger partial charge in [-0.1, -0.05) is 0 Å². The molecule has 2 N–H and O–H groups in total. The molecule has 1 aromatic carbocycles. The first-order valence-electron chi connectivity index (χ1n) is 10.7. The number of fused-ring (bicyclic) bond motifs is 1. The van der Waals surface area contributed by atoms with E-state index in [0.717, 1.165) is 36.1 Å². The lowest BCUT2D eigenvalue weighted by molar-refractivity contribution is -0.136. The van der Waals surface area contributed by atoms with Crippen LogP contribution in [0.1, 0.15) is 46.1 Å². The van der Waals surface area contributed by atoms with Crippen molar-refractivity contribution < 1.29 is 33.3 Å². The maximum absolute atomic E-state index is 12.5. The Morgan fingerprint density at radius 3 is 2.35 bits per heavy atom. The van der Waals surface area contributed by atoms with Crippen LogP contribution < -0.4 is 25.0 Å². The summed E-state index contributed by atoms with van der Waals surface area (Å²) in [6, 6.07) is 3.24. The molecule has 1 aliphatic carbocycles. The zero-order chi connectivity index (χ0) is 24.7. The predicted octanol–water partition coefficient (Wildman–Crippen LogP) is 2.92.